The summed E-state index contributed by atoms with van der Waals surface area (Å²) in [6.07, 6.45) is 4.54. The molecule has 1 aromatic carbocycles. The van der Waals surface area contributed by atoms with E-state index in [1.54, 1.807) is 7.11 Å². The Morgan fingerprint density at radius 1 is 1.26 bits per heavy atom. The largest absolute Gasteiger partial charge is 0.497 e. The highest BCUT2D eigenvalue weighted by atomic mass is 16.5. The van der Waals surface area contributed by atoms with Gasteiger partial charge in [-0.25, -0.2) is 0 Å². The van der Waals surface area contributed by atoms with Gasteiger partial charge in [-0.05, 0) is 36.5 Å². The Labute approximate surface area is 140 Å². The van der Waals surface area contributed by atoms with Gasteiger partial charge in [0.2, 0.25) is 0 Å². The van der Waals surface area contributed by atoms with Crippen molar-refractivity contribution in [3.8, 4) is 11.5 Å². The molecule has 0 amide bonds. The predicted octanol–water partition coefficient (Wildman–Crippen LogP) is 3.26. The number of ether oxygens (including phenoxy) is 2. The van der Waals surface area contributed by atoms with Gasteiger partial charge in [0.15, 0.2) is 0 Å². The molecule has 2 N–H and O–H groups in total. The Kier molecular flexibility index (Phi) is 6.31. The summed E-state index contributed by atoms with van der Waals surface area (Å²) in [4.78, 5) is 0. The number of rotatable bonds is 7. The van der Waals surface area contributed by atoms with E-state index in [0.29, 0.717) is 19.2 Å². The second kappa shape index (κ2) is 8.02. The number of nitrogens with one attached hydrogen (secondary N) is 1. The van der Waals surface area contributed by atoms with Crippen LogP contribution in [0.3, 0.4) is 0 Å². The molecule has 0 spiro atoms. The van der Waals surface area contributed by atoms with Crippen molar-refractivity contribution in [3.63, 3.8) is 0 Å². The third-order valence-corrected chi connectivity index (χ3v) is 4.42. The van der Waals surface area contributed by atoms with Gasteiger partial charge in [0.1, 0.15) is 24.2 Å². The second-order valence-corrected chi connectivity index (χ2v) is 7.47. The molecule has 4 heteroatoms. The van der Waals surface area contributed by atoms with Gasteiger partial charge in [-0.2, -0.15) is 0 Å². The van der Waals surface area contributed by atoms with Gasteiger partial charge < -0.3 is 19.9 Å². The van der Waals surface area contributed by atoms with E-state index in [9.17, 15) is 5.11 Å². The van der Waals surface area contributed by atoms with Crippen molar-refractivity contribution >= 4 is 0 Å². The van der Waals surface area contributed by atoms with E-state index in [1.807, 2.05) is 18.2 Å². The Morgan fingerprint density at radius 2 is 1.96 bits per heavy atom. The molecule has 0 saturated heterocycles. The first-order valence-electron chi connectivity index (χ1n) is 8.63. The molecule has 0 heterocycles. The van der Waals surface area contributed by atoms with Crippen LogP contribution in [0.1, 0.15) is 52.0 Å². The molecule has 4 nitrogen and oxygen atoms in total. The van der Waals surface area contributed by atoms with Crippen molar-refractivity contribution in [2.75, 3.05) is 20.3 Å². The molecule has 130 valence electrons. The van der Waals surface area contributed by atoms with Crippen molar-refractivity contribution in [2.24, 2.45) is 0 Å². The zero-order valence-corrected chi connectivity index (χ0v) is 14.9. The monoisotopic (exact) mass is 321 g/mol. The number of methoxy groups -OCH3 is 1. The van der Waals surface area contributed by atoms with E-state index in [0.717, 1.165) is 17.1 Å². The highest BCUT2D eigenvalue weighted by Crippen LogP contribution is 2.34. The van der Waals surface area contributed by atoms with Gasteiger partial charge in [-0.3, -0.25) is 0 Å². The minimum absolute atomic E-state index is 0.0447. The van der Waals surface area contributed by atoms with Gasteiger partial charge in [-0.1, -0.05) is 33.6 Å². The average Bonchev–Trinajstić information content (AvgIpc) is 3.03. The van der Waals surface area contributed by atoms with Gasteiger partial charge >= 0.3 is 0 Å². The molecule has 0 radical (unpaired) electrons. The lowest BCUT2D eigenvalue weighted by molar-refractivity contribution is 0.102. The van der Waals surface area contributed by atoms with Crippen LogP contribution < -0.4 is 14.8 Å². The molecule has 1 aliphatic rings. The fourth-order valence-corrected chi connectivity index (χ4v) is 3.03. The van der Waals surface area contributed by atoms with E-state index in [2.05, 4.69) is 26.1 Å². The van der Waals surface area contributed by atoms with E-state index >= 15 is 0 Å². The molecular weight excluding hydrogens is 290 g/mol. The summed E-state index contributed by atoms with van der Waals surface area (Å²) in [5, 5.41) is 13.6. The molecule has 0 bridgehead atoms. The molecule has 1 saturated carbocycles. The summed E-state index contributed by atoms with van der Waals surface area (Å²) in [5.41, 5.74) is 1.05. The molecule has 1 fully saturated rings. The molecule has 1 aliphatic carbocycles. The van der Waals surface area contributed by atoms with Crippen molar-refractivity contribution in [1.29, 1.82) is 0 Å². The van der Waals surface area contributed by atoms with Gasteiger partial charge in [0.05, 0.1) is 7.11 Å². The summed E-state index contributed by atoms with van der Waals surface area (Å²) in [7, 11) is 1.67. The summed E-state index contributed by atoms with van der Waals surface area (Å²) in [6, 6.07) is 6.40. The lowest BCUT2D eigenvalue weighted by Gasteiger charge is -2.24. The van der Waals surface area contributed by atoms with Crippen LogP contribution in [0.5, 0.6) is 11.5 Å². The normalized spacial score (nSPS) is 17.3. The summed E-state index contributed by atoms with van der Waals surface area (Å²) < 4.78 is 11.2. The van der Waals surface area contributed by atoms with E-state index in [4.69, 9.17) is 9.47 Å². The third kappa shape index (κ3) is 5.40. The van der Waals surface area contributed by atoms with Crippen molar-refractivity contribution < 1.29 is 14.6 Å². The molecule has 23 heavy (non-hydrogen) atoms. The van der Waals surface area contributed by atoms with E-state index in [1.165, 1.54) is 25.7 Å². The SMILES string of the molecule is COc1ccc(OCC(O)CNC2CCCC2)c(C(C)(C)C)c1. The van der Waals surface area contributed by atoms with Crippen LogP contribution in [0.4, 0.5) is 0 Å². The number of hydrogen-bond donors (Lipinski definition) is 2. The molecule has 0 aliphatic heterocycles. The minimum Gasteiger partial charge on any atom is -0.497 e. The van der Waals surface area contributed by atoms with Crippen molar-refractivity contribution in [2.45, 2.75) is 64.0 Å². The number of aliphatic hydroxyl groups is 1. The molecule has 0 aromatic heterocycles. The van der Waals surface area contributed by atoms with Crippen LogP contribution >= 0.6 is 0 Å². The fraction of sp³-hybridized carbons (Fsp3) is 0.684. The smallest absolute Gasteiger partial charge is 0.123 e. The standard InChI is InChI=1S/C19H31NO3/c1-19(2,3)17-11-16(22-4)9-10-18(17)23-13-15(21)12-20-14-7-5-6-8-14/h9-11,14-15,20-21H,5-8,12-13H2,1-4H3. The summed E-state index contributed by atoms with van der Waals surface area (Å²) in [5.74, 6) is 1.64. The summed E-state index contributed by atoms with van der Waals surface area (Å²) >= 11 is 0. The lowest BCUT2D eigenvalue weighted by Crippen LogP contribution is -2.36. The highest BCUT2D eigenvalue weighted by molar-refractivity contribution is 5.44. The first-order valence-corrected chi connectivity index (χ1v) is 8.63. The van der Waals surface area contributed by atoms with Crippen LogP contribution in [0.15, 0.2) is 18.2 Å². The quantitative estimate of drug-likeness (QED) is 0.809. The van der Waals surface area contributed by atoms with Crippen LogP contribution in [0, 0.1) is 0 Å². The number of aliphatic hydroxyl groups excluding tert-OH is 1. The maximum absolute atomic E-state index is 10.2. The Balaban J connectivity index is 1.91. The van der Waals surface area contributed by atoms with Crippen molar-refractivity contribution in [1.82, 2.24) is 5.32 Å². The Morgan fingerprint density at radius 3 is 2.57 bits per heavy atom. The van der Waals surface area contributed by atoms with Crippen LogP contribution in [0.2, 0.25) is 0 Å². The zero-order chi connectivity index (χ0) is 16.9. The lowest BCUT2D eigenvalue weighted by atomic mass is 9.86. The predicted molar refractivity (Wildman–Crippen MR) is 93.5 cm³/mol. The molecule has 1 atom stereocenters. The van der Waals surface area contributed by atoms with Gasteiger partial charge in [0, 0.05) is 18.2 Å². The van der Waals surface area contributed by atoms with Crippen LogP contribution in [-0.4, -0.2) is 37.5 Å². The molecule has 1 aromatic rings. The van der Waals surface area contributed by atoms with Gasteiger partial charge in [0.25, 0.3) is 0 Å². The topological polar surface area (TPSA) is 50.7 Å². The highest BCUT2D eigenvalue weighted by Gasteiger charge is 2.21. The Hall–Kier alpha value is -1.26. The minimum atomic E-state index is -0.495. The van der Waals surface area contributed by atoms with Gasteiger partial charge in [-0.15, -0.1) is 0 Å². The van der Waals surface area contributed by atoms with E-state index in [-0.39, 0.29) is 5.41 Å². The fourth-order valence-electron chi connectivity index (χ4n) is 3.03. The van der Waals surface area contributed by atoms with E-state index < -0.39 is 6.10 Å². The first kappa shape index (κ1) is 18.1. The molecule has 1 unspecified atom stereocenters. The first-order chi connectivity index (χ1) is 10.9. The molecular formula is C19H31NO3. The Bertz CT molecular complexity index is 490. The zero-order valence-electron chi connectivity index (χ0n) is 14.9. The van der Waals surface area contributed by atoms with Crippen LogP contribution in [0.25, 0.3) is 0 Å². The maximum atomic E-state index is 10.2. The number of hydrogen-bond acceptors (Lipinski definition) is 4. The third-order valence-electron chi connectivity index (χ3n) is 4.42. The average molecular weight is 321 g/mol. The maximum Gasteiger partial charge on any atom is 0.123 e. The van der Waals surface area contributed by atoms with Crippen molar-refractivity contribution in [3.05, 3.63) is 23.8 Å². The number of benzene rings is 1. The second-order valence-electron chi connectivity index (χ2n) is 7.47. The molecule has 2 rings (SSSR count). The van der Waals surface area contributed by atoms with Crippen LogP contribution in [-0.2, 0) is 5.41 Å². The summed E-state index contributed by atoms with van der Waals surface area (Å²) in [6.45, 7) is 7.33.